The summed E-state index contributed by atoms with van der Waals surface area (Å²) < 4.78 is 0. The van der Waals surface area contributed by atoms with E-state index >= 15 is 0 Å². The summed E-state index contributed by atoms with van der Waals surface area (Å²) in [4.78, 5) is 11.2. The molecule has 0 saturated carbocycles. The van der Waals surface area contributed by atoms with Crippen LogP contribution in [0.1, 0.15) is 5.56 Å². The monoisotopic (exact) mass is 188 g/mol. The first-order valence-corrected chi connectivity index (χ1v) is 4.50. The van der Waals surface area contributed by atoms with E-state index in [1.54, 1.807) is 0 Å². The van der Waals surface area contributed by atoms with E-state index in [-0.39, 0.29) is 5.91 Å². The maximum Gasteiger partial charge on any atom is 0.267 e. The van der Waals surface area contributed by atoms with E-state index in [0.29, 0.717) is 12.1 Å². The highest BCUT2D eigenvalue weighted by molar-refractivity contribution is 5.97. The molecule has 0 aliphatic carbocycles. The van der Waals surface area contributed by atoms with Gasteiger partial charge in [0, 0.05) is 5.57 Å². The van der Waals surface area contributed by atoms with Crippen LogP contribution in [0.25, 0.3) is 0 Å². The van der Waals surface area contributed by atoms with E-state index in [1.165, 1.54) is 0 Å². The van der Waals surface area contributed by atoms with Gasteiger partial charge >= 0.3 is 0 Å². The first kappa shape index (κ1) is 8.81. The van der Waals surface area contributed by atoms with Crippen molar-refractivity contribution in [3.63, 3.8) is 0 Å². The van der Waals surface area contributed by atoms with E-state index < -0.39 is 0 Å². The number of nitrogens with zero attached hydrogens (tertiary/aromatic N) is 1. The Balaban J connectivity index is 2.30. The van der Waals surface area contributed by atoms with Crippen molar-refractivity contribution < 1.29 is 4.79 Å². The van der Waals surface area contributed by atoms with Crippen molar-refractivity contribution in [2.45, 2.75) is 6.92 Å². The van der Waals surface area contributed by atoms with Crippen molar-refractivity contribution in [1.29, 1.82) is 0 Å². The molecule has 1 saturated heterocycles. The van der Waals surface area contributed by atoms with E-state index in [1.807, 2.05) is 36.2 Å². The van der Waals surface area contributed by atoms with Crippen molar-refractivity contribution in [3.05, 3.63) is 42.0 Å². The minimum absolute atomic E-state index is 0.0896. The van der Waals surface area contributed by atoms with Gasteiger partial charge in [-0.05, 0) is 18.6 Å². The number of hydrogen-bond donors (Lipinski definition) is 1. The molecule has 1 aliphatic rings. The summed E-state index contributed by atoms with van der Waals surface area (Å²) in [5.41, 5.74) is 5.53. The van der Waals surface area contributed by atoms with Gasteiger partial charge in [0.2, 0.25) is 0 Å². The minimum Gasteiger partial charge on any atom is -0.280 e. The van der Waals surface area contributed by atoms with Crippen molar-refractivity contribution in [2.24, 2.45) is 0 Å². The number of para-hydroxylation sites is 1. The number of hydrogen-bond acceptors (Lipinski definition) is 2. The van der Waals surface area contributed by atoms with Gasteiger partial charge < -0.3 is 0 Å². The number of carbonyl (C=O) groups excluding carboxylic acids is 1. The molecule has 14 heavy (non-hydrogen) atoms. The van der Waals surface area contributed by atoms with E-state index in [0.717, 1.165) is 11.3 Å². The minimum atomic E-state index is -0.0896. The number of amides is 1. The molecule has 72 valence electrons. The Bertz CT molecular complexity index is 382. The summed E-state index contributed by atoms with van der Waals surface area (Å²) in [6.07, 6.45) is 0. The number of rotatable bonds is 1. The molecule has 0 atom stereocenters. The fourth-order valence-corrected chi connectivity index (χ4v) is 1.52. The quantitative estimate of drug-likeness (QED) is 0.676. The topological polar surface area (TPSA) is 32.3 Å². The lowest BCUT2D eigenvalue weighted by Crippen LogP contribution is -2.33. The van der Waals surface area contributed by atoms with Gasteiger partial charge in [-0.1, -0.05) is 24.8 Å². The second kappa shape index (κ2) is 3.18. The SMILES string of the molecule is C=C1CN(c2ccccc2C)NC1=O. The second-order valence-corrected chi connectivity index (χ2v) is 3.42. The third-order valence-electron chi connectivity index (χ3n) is 2.31. The maximum atomic E-state index is 11.2. The molecule has 1 aromatic rings. The highest BCUT2D eigenvalue weighted by Crippen LogP contribution is 2.21. The van der Waals surface area contributed by atoms with Gasteiger partial charge in [0.15, 0.2) is 0 Å². The molecule has 1 aliphatic heterocycles. The number of hydrazine groups is 1. The molecule has 2 rings (SSSR count). The summed E-state index contributed by atoms with van der Waals surface area (Å²) in [6, 6.07) is 7.93. The molecule has 3 heteroatoms. The number of aryl methyl sites for hydroxylation is 1. The molecule has 3 nitrogen and oxygen atoms in total. The van der Waals surface area contributed by atoms with Crippen LogP contribution >= 0.6 is 0 Å². The first-order chi connectivity index (χ1) is 6.68. The Morgan fingerprint density at radius 2 is 2.14 bits per heavy atom. The van der Waals surface area contributed by atoms with Gasteiger partial charge in [-0.15, -0.1) is 0 Å². The van der Waals surface area contributed by atoms with Gasteiger partial charge in [-0.2, -0.15) is 0 Å². The van der Waals surface area contributed by atoms with Crippen molar-refractivity contribution in [1.82, 2.24) is 5.43 Å². The lowest BCUT2D eigenvalue weighted by Gasteiger charge is -2.18. The average molecular weight is 188 g/mol. The average Bonchev–Trinajstić information content (AvgIpc) is 2.48. The molecular weight excluding hydrogens is 176 g/mol. The van der Waals surface area contributed by atoms with Gasteiger partial charge in [-0.25, -0.2) is 0 Å². The fraction of sp³-hybridized carbons (Fsp3) is 0.182. The third kappa shape index (κ3) is 1.37. The lowest BCUT2D eigenvalue weighted by atomic mass is 10.2. The Morgan fingerprint density at radius 3 is 2.71 bits per heavy atom. The lowest BCUT2D eigenvalue weighted by molar-refractivity contribution is -0.116. The van der Waals surface area contributed by atoms with Gasteiger partial charge in [0.1, 0.15) is 0 Å². The van der Waals surface area contributed by atoms with E-state index in [9.17, 15) is 4.79 Å². The molecule has 0 aromatic heterocycles. The van der Waals surface area contributed by atoms with Gasteiger partial charge in [0.05, 0.1) is 12.2 Å². The van der Waals surface area contributed by atoms with Crippen LogP contribution in [0.2, 0.25) is 0 Å². The van der Waals surface area contributed by atoms with Gasteiger partial charge in [-0.3, -0.25) is 15.2 Å². The van der Waals surface area contributed by atoms with Crippen LogP contribution in [0.5, 0.6) is 0 Å². The second-order valence-electron chi connectivity index (χ2n) is 3.42. The third-order valence-corrected chi connectivity index (χ3v) is 2.31. The Kier molecular flexibility index (Phi) is 2.00. The predicted molar refractivity (Wildman–Crippen MR) is 55.8 cm³/mol. The van der Waals surface area contributed by atoms with Crippen LogP contribution in [-0.2, 0) is 4.79 Å². The highest BCUT2D eigenvalue weighted by Gasteiger charge is 2.23. The Hall–Kier alpha value is -1.77. The Morgan fingerprint density at radius 1 is 1.43 bits per heavy atom. The van der Waals surface area contributed by atoms with Crippen LogP contribution in [0.15, 0.2) is 36.4 Å². The smallest absolute Gasteiger partial charge is 0.267 e. The van der Waals surface area contributed by atoms with Crippen molar-refractivity contribution in [3.8, 4) is 0 Å². The molecule has 0 radical (unpaired) electrons. The largest absolute Gasteiger partial charge is 0.280 e. The van der Waals surface area contributed by atoms with Gasteiger partial charge in [0.25, 0.3) is 5.91 Å². The van der Waals surface area contributed by atoms with Crippen LogP contribution in [-0.4, -0.2) is 12.5 Å². The van der Waals surface area contributed by atoms with Crippen LogP contribution in [0.3, 0.4) is 0 Å². The molecular formula is C11H12N2O. The molecule has 1 fully saturated rings. The van der Waals surface area contributed by atoms with E-state index in [4.69, 9.17) is 0 Å². The predicted octanol–water partition coefficient (Wildman–Crippen LogP) is 1.40. The van der Waals surface area contributed by atoms with Crippen molar-refractivity contribution >= 4 is 11.6 Å². The molecule has 1 heterocycles. The molecule has 1 N–H and O–H groups in total. The van der Waals surface area contributed by atoms with Crippen LogP contribution in [0.4, 0.5) is 5.69 Å². The van der Waals surface area contributed by atoms with Crippen LogP contribution in [0, 0.1) is 6.92 Å². The zero-order valence-electron chi connectivity index (χ0n) is 8.08. The van der Waals surface area contributed by atoms with Crippen molar-refractivity contribution in [2.75, 3.05) is 11.6 Å². The molecule has 0 unspecified atom stereocenters. The molecule has 0 spiro atoms. The standard InChI is InChI=1S/C11H12N2O/c1-8-5-3-4-6-10(8)13-7-9(2)11(14)12-13/h3-6H,2,7H2,1H3,(H,12,14). The van der Waals surface area contributed by atoms with E-state index in [2.05, 4.69) is 12.0 Å². The number of carbonyl (C=O) groups is 1. The molecule has 1 aromatic carbocycles. The molecule has 1 amide bonds. The summed E-state index contributed by atoms with van der Waals surface area (Å²) >= 11 is 0. The number of benzene rings is 1. The summed E-state index contributed by atoms with van der Waals surface area (Å²) in [5, 5.41) is 1.82. The maximum absolute atomic E-state index is 11.2. The molecule has 0 bridgehead atoms. The van der Waals surface area contributed by atoms with Crippen LogP contribution < -0.4 is 10.4 Å². The zero-order chi connectivity index (χ0) is 10.1. The summed E-state index contributed by atoms with van der Waals surface area (Å²) in [5.74, 6) is -0.0896. The normalized spacial score (nSPS) is 15.9. The fourth-order valence-electron chi connectivity index (χ4n) is 1.52. The zero-order valence-corrected chi connectivity index (χ0v) is 8.08. The summed E-state index contributed by atoms with van der Waals surface area (Å²) in [7, 11) is 0. The number of anilines is 1. The highest BCUT2D eigenvalue weighted by atomic mass is 16.2. The number of nitrogens with one attached hydrogen (secondary N) is 1. The summed E-state index contributed by atoms with van der Waals surface area (Å²) in [6.45, 7) is 6.26. The first-order valence-electron chi connectivity index (χ1n) is 4.50. The Labute approximate surface area is 83.0 Å².